The summed E-state index contributed by atoms with van der Waals surface area (Å²) in [6, 6.07) is 5.93. The zero-order valence-electron chi connectivity index (χ0n) is 14.6. The summed E-state index contributed by atoms with van der Waals surface area (Å²) in [5.41, 5.74) is 1.16. The molecule has 0 aliphatic carbocycles. The fourth-order valence-electron chi connectivity index (χ4n) is 2.01. The summed E-state index contributed by atoms with van der Waals surface area (Å²) in [4.78, 5) is 4.47. The van der Waals surface area contributed by atoms with Gasteiger partial charge >= 0.3 is 0 Å². The first kappa shape index (κ1) is 19.1. The Labute approximate surface area is 138 Å². The second kappa shape index (κ2) is 10.7. The summed E-state index contributed by atoms with van der Waals surface area (Å²) in [7, 11) is 3.27. The molecular weight excluding hydrogens is 294 g/mol. The molecular formula is C17H29N3O3. The number of aliphatic hydroxyl groups is 1. The molecule has 6 nitrogen and oxygen atoms in total. The van der Waals surface area contributed by atoms with Crippen LogP contribution in [-0.4, -0.2) is 51.5 Å². The van der Waals surface area contributed by atoms with E-state index in [1.54, 1.807) is 14.2 Å². The van der Waals surface area contributed by atoms with Crippen LogP contribution >= 0.6 is 0 Å². The summed E-state index contributed by atoms with van der Waals surface area (Å²) in [5, 5.41) is 15.6. The van der Waals surface area contributed by atoms with Gasteiger partial charge in [-0.3, -0.25) is 4.99 Å². The van der Waals surface area contributed by atoms with E-state index in [9.17, 15) is 0 Å². The van der Waals surface area contributed by atoms with Gasteiger partial charge in [0, 0.05) is 26.2 Å². The molecule has 0 amide bonds. The van der Waals surface area contributed by atoms with E-state index in [1.807, 2.05) is 32.0 Å². The number of rotatable bonds is 9. The first-order chi connectivity index (χ1) is 11.1. The first-order valence-electron chi connectivity index (χ1n) is 7.98. The molecule has 1 atom stereocenters. The number of aliphatic imine (C=N–C) groups is 1. The summed E-state index contributed by atoms with van der Waals surface area (Å²) < 4.78 is 10.6. The van der Waals surface area contributed by atoms with Crippen LogP contribution in [0.5, 0.6) is 11.5 Å². The Kier molecular flexibility index (Phi) is 8.90. The molecule has 1 aromatic rings. The molecule has 0 aliphatic heterocycles. The molecule has 23 heavy (non-hydrogen) atoms. The molecule has 0 heterocycles. The van der Waals surface area contributed by atoms with Gasteiger partial charge in [0.1, 0.15) is 0 Å². The maximum Gasteiger partial charge on any atom is 0.191 e. The number of nitrogens with one attached hydrogen (secondary N) is 2. The molecule has 0 aliphatic rings. The molecule has 130 valence electrons. The van der Waals surface area contributed by atoms with Crippen LogP contribution in [0.15, 0.2) is 23.2 Å². The van der Waals surface area contributed by atoms with Crippen LogP contribution in [-0.2, 0) is 6.42 Å². The van der Waals surface area contributed by atoms with Gasteiger partial charge in [0.05, 0.1) is 14.2 Å². The lowest BCUT2D eigenvalue weighted by atomic mass is 10.1. The molecule has 6 heteroatoms. The molecule has 0 fully saturated rings. The van der Waals surface area contributed by atoms with Crippen molar-refractivity contribution in [3.63, 3.8) is 0 Å². The standard InChI is InChI=1S/C17H29N3O3/c1-5-18-17(20-11-13(2)12-21)19-9-8-14-6-7-15(22-3)16(10-14)23-4/h6-7,10,13,21H,5,8-9,11-12H2,1-4H3,(H2,18,19,20). The fourth-order valence-corrected chi connectivity index (χ4v) is 2.01. The molecule has 0 aromatic heterocycles. The molecule has 0 saturated heterocycles. The van der Waals surface area contributed by atoms with Crippen LogP contribution in [0.2, 0.25) is 0 Å². The summed E-state index contributed by atoms with van der Waals surface area (Å²) >= 11 is 0. The lowest BCUT2D eigenvalue weighted by Crippen LogP contribution is -2.38. The highest BCUT2D eigenvalue weighted by atomic mass is 16.5. The number of hydrogen-bond acceptors (Lipinski definition) is 4. The highest BCUT2D eigenvalue weighted by molar-refractivity contribution is 5.79. The van der Waals surface area contributed by atoms with E-state index < -0.39 is 0 Å². The van der Waals surface area contributed by atoms with Crippen molar-refractivity contribution in [2.24, 2.45) is 10.9 Å². The van der Waals surface area contributed by atoms with Gasteiger partial charge in [0.2, 0.25) is 0 Å². The zero-order chi connectivity index (χ0) is 17.1. The third-order valence-electron chi connectivity index (χ3n) is 3.37. The van der Waals surface area contributed by atoms with Gasteiger partial charge in [-0.1, -0.05) is 13.0 Å². The number of ether oxygens (including phenoxy) is 2. The van der Waals surface area contributed by atoms with E-state index in [4.69, 9.17) is 14.6 Å². The number of methoxy groups -OCH3 is 2. The number of guanidine groups is 1. The second-order valence-electron chi connectivity index (χ2n) is 5.37. The molecule has 0 bridgehead atoms. The monoisotopic (exact) mass is 323 g/mol. The number of nitrogens with zero attached hydrogens (tertiary/aromatic N) is 1. The summed E-state index contributed by atoms with van der Waals surface area (Å²) in [6.07, 6.45) is 0.848. The Balaban J connectivity index is 2.55. The van der Waals surface area contributed by atoms with Crippen LogP contribution in [0.3, 0.4) is 0 Å². The number of benzene rings is 1. The van der Waals surface area contributed by atoms with Crippen molar-refractivity contribution in [2.45, 2.75) is 20.3 Å². The number of aliphatic hydroxyl groups excluding tert-OH is 1. The highest BCUT2D eigenvalue weighted by Crippen LogP contribution is 2.27. The molecule has 0 saturated carbocycles. The minimum Gasteiger partial charge on any atom is -0.493 e. The Morgan fingerprint density at radius 1 is 1.22 bits per heavy atom. The smallest absolute Gasteiger partial charge is 0.191 e. The first-order valence-corrected chi connectivity index (χ1v) is 7.98. The molecule has 1 rings (SSSR count). The summed E-state index contributed by atoms with van der Waals surface area (Å²) in [6.45, 7) is 6.30. The van der Waals surface area contributed by atoms with E-state index in [1.165, 1.54) is 0 Å². The Morgan fingerprint density at radius 2 is 1.96 bits per heavy atom. The molecule has 0 spiro atoms. The quantitative estimate of drug-likeness (QED) is 0.473. The van der Waals surface area contributed by atoms with E-state index in [0.29, 0.717) is 6.54 Å². The molecule has 0 radical (unpaired) electrons. The lowest BCUT2D eigenvalue weighted by Gasteiger charge is -2.13. The maximum atomic E-state index is 9.06. The normalized spacial score (nSPS) is 12.7. The van der Waals surface area contributed by atoms with Crippen LogP contribution in [0.25, 0.3) is 0 Å². The Hall–Kier alpha value is -1.95. The molecule has 1 aromatic carbocycles. The highest BCUT2D eigenvalue weighted by Gasteiger charge is 2.05. The molecule has 3 N–H and O–H groups in total. The third-order valence-corrected chi connectivity index (χ3v) is 3.37. The van der Waals surface area contributed by atoms with Gasteiger partial charge in [0.15, 0.2) is 17.5 Å². The van der Waals surface area contributed by atoms with Gasteiger partial charge in [-0.05, 0) is 37.0 Å². The molecule has 1 unspecified atom stereocenters. The summed E-state index contributed by atoms with van der Waals surface area (Å²) in [5.74, 6) is 2.41. The van der Waals surface area contributed by atoms with Crippen molar-refractivity contribution < 1.29 is 14.6 Å². The predicted octanol–water partition coefficient (Wildman–Crippen LogP) is 1.43. The van der Waals surface area contributed by atoms with Gasteiger partial charge in [0.25, 0.3) is 0 Å². The number of hydrogen-bond donors (Lipinski definition) is 3. The van der Waals surface area contributed by atoms with E-state index in [-0.39, 0.29) is 12.5 Å². The van der Waals surface area contributed by atoms with Crippen LogP contribution in [0.1, 0.15) is 19.4 Å². The van der Waals surface area contributed by atoms with Crippen molar-refractivity contribution in [1.29, 1.82) is 0 Å². The Morgan fingerprint density at radius 3 is 2.57 bits per heavy atom. The van der Waals surface area contributed by atoms with Gasteiger partial charge in [-0.15, -0.1) is 0 Å². The third kappa shape index (κ3) is 6.78. The van der Waals surface area contributed by atoms with Crippen LogP contribution < -0.4 is 20.1 Å². The average Bonchev–Trinajstić information content (AvgIpc) is 2.59. The van der Waals surface area contributed by atoms with Crippen molar-refractivity contribution in [2.75, 3.05) is 40.5 Å². The van der Waals surface area contributed by atoms with Crippen LogP contribution in [0.4, 0.5) is 0 Å². The van der Waals surface area contributed by atoms with Gasteiger partial charge in [-0.2, -0.15) is 0 Å². The minimum absolute atomic E-state index is 0.147. The second-order valence-corrected chi connectivity index (χ2v) is 5.37. The minimum atomic E-state index is 0.147. The van der Waals surface area contributed by atoms with E-state index in [0.717, 1.165) is 42.5 Å². The topological polar surface area (TPSA) is 75.1 Å². The van der Waals surface area contributed by atoms with Crippen LogP contribution in [0, 0.1) is 5.92 Å². The van der Waals surface area contributed by atoms with Gasteiger partial charge < -0.3 is 25.2 Å². The van der Waals surface area contributed by atoms with Crippen molar-refractivity contribution in [3.8, 4) is 11.5 Å². The lowest BCUT2D eigenvalue weighted by molar-refractivity contribution is 0.241. The Bertz CT molecular complexity index is 492. The fraction of sp³-hybridized carbons (Fsp3) is 0.588. The maximum absolute atomic E-state index is 9.06. The van der Waals surface area contributed by atoms with E-state index >= 15 is 0 Å². The van der Waals surface area contributed by atoms with Crippen molar-refractivity contribution in [1.82, 2.24) is 10.6 Å². The predicted molar refractivity (Wildman–Crippen MR) is 93.5 cm³/mol. The van der Waals surface area contributed by atoms with E-state index in [2.05, 4.69) is 15.6 Å². The van der Waals surface area contributed by atoms with Gasteiger partial charge in [-0.25, -0.2) is 0 Å². The van der Waals surface area contributed by atoms with Crippen molar-refractivity contribution >= 4 is 5.96 Å². The SMILES string of the molecule is CCNC(=NCC(C)CO)NCCc1ccc(OC)c(OC)c1. The average molecular weight is 323 g/mol. The largest absolute Gasteiger partial charge is 0.493 e. The van der Waals surface area contributed by atoms with Crippen molar-refractivity contribution in [3.05, 3.63) is 23.8 Å². The zero-order valence-corrected chi connectivity index (χ0v) is 14.6.